The van der Waals surface area contributed by atoms with Crippen LogP contribution in [-0.2, 0) is 9.53 Å². The first-order valence-corrected chi connectivity index (χ1v) is 8.65. The van der Waals surface area contributed by atoms with Crippen molar-refractivity contribution in [3.05, 3.63) is 58.7 Å². The number of hydrogen-bond acceptors (Lipinski definition) is 4. The summed E-state index contributed by atoms with van der Waals surface area (Å²) >= 11 is 0. The van der Waals surface area contributed by atoms with Crippen molar-refractivity contribution < 1.29 is 19.1 Å². The van der Waals surface area contributed by atoms with E-state index in [9.17, 15) is 9.59 Å². The minimum absolute atomic E-state index is 0.270. The maximum absolute atomic E-state index is 12.5. The van der Waals surface area contributed by atoms with Crippen molar-refractivity contribution in [2.75, 3.05) is 11.9 Å². The fourth-order valence-corrected chi connectivity index (χ4v) is 2.58. The smallest absolute Gasteiger partial charge is 0.340 e. The molecule has 0 aliphatic heterocycles. The van der Waals surface area contributed by atoms with Crippen LogP contribution < -0.4 is 10.1 Å². The molecule has 0 saturated carbocycles. The van der Waals surface area contributed by atoms with E-state index in [4.69, 9.17) is 9.47 Å². The number of carbonyl (C=O) groups is 2. The van der Waals surface area contributed by atoms with Crippen molar-refractivity contribution in [2.24, 2.45) is 0 Å². The molecule has 2 aromatic rings. The second kappa shape index (κ2) is 8.52. The van der Waals surface area contributed by atoms with E-state index in [1.54, 1.807) is 38.1 Å². The third-order valence-electron chi connectivity index (χ3n) is 4.12. The highest BCUT2D eigenvalue weighted by molar-refractivity contribution is 6.02. The summed E-state index contributed by atoms with van der Waals surface area (Å²) in [7, 11) is 0. The SMILES string of the molecule is CCOC(=O)c1ccccc1NC(=O)C(C)Oc1cc(C)cc(C)c1C. The van der Waals surface area contributed by atoms with Gasteiger partial charge in [0.05, 0.1) is 17.9 Å². The number of aryl methyl sites for hydroxylation is 2. The Morgan fingerprint density at radius 3 is 2.50 bits per heavy atom. The Morgan fingerprint density at radius 1 is 1.12 bits per heavy atom. The first kappa shape index (κ1) is 19.5. The lowest BCUT2D eigenvalue weighted by Gasteiger charge is -2.18. The first-order chi connectivity index (χ1) is 12.3. The number of rotatable bonds is 6. The Bertz CT molecular complexity index is 814. The second-order valence-electron chi connectivity index (χ2n) is 6.22. The van der Waals surface area contributed by atoms with E-state index in [2.05, 4.69) is 11.4 Å². The van der Waals surface area contributed by atoms with Crippen molar-refractivity contribution in [1.29, 1.82) is 0 Å². The molecule has 5 heteroatoms. The fourth-order valence-electron chi connectivity index (χ4n) is 2.58. The number of hydrogen-bond donors (Lipinski definition) is 1. The molecule has 1 N–H and O–H groups in total. The lowest BCUT2D eigenvalue weighted by Crippen LogP contribution is -2.31. The van der Waals surface area contributed by atoms with Gasteiger partial charge in [0.1, 0.15) is 5.75 Å². The maximum Gasteiger partial charge on any atom is 0.340 e. The minimum atomic E-state index is -0.717. The van der Waals surface area contributed by atoms with Crippen LogP contribution in [-0.4, -0.2) is 24.6 Å². The van der Waals surface area contributed by atoms with E-state index in [-0.39, 0.29) is 12.5 Å². The monoisotopic (exact) mass is 355 g/mol. The molecule has 1 amide bonds. The van der Waals surface area contributed by atoms with Gasteiger partial charge in [-0.25, -0.2) is 4.79 Å². The van der Waals surface area contributed by atoms with Crippen LogP contribution in [0.25, 0.3) is 0 Å². The van der Waals surface area contributed by atoms with Crippen molar-refractivity contribution >= 4 is 17.6 Å². The Morgan fingerprint density at radius 2 is 1.81 bits per heavy atom. The van der Waals surface area contributed by atoms with Crippen LogP contribution in [0.3, 0.4) is 0 Å². The summed E-state index contributed by atoms with van der Waals surface area (Å²) < 4.78 is 10.9. The van der Waals surface area contributed by atoms with E-state index < -0.39 is 12.1 Å². The highest BCUT2D eigenvalue weighted by Gasteiger charge is 2.20. The molecule has 0 fully saturated rings. The predicted octanol–water partition coefficient (Wildman–Crippen LogP) is 4.19. The second-order valence-corrected chi connectivity index (χ2v) is 6.22. The third kappa shape index (κ3) is 4.63. The lowest BCUT2D eigenvalue weighted by molar-refractivity contribution is -0.122. The molecule has 0 radical (unpaired) electrons. The van der Waals surface area contributed by atoms with Crippen LogP contribution in [0.2, 0.25) is 0 Å². The summed E-state index contributed by atoms with van der Waals surface area (Å²) in [6, 6.07) is 10.7. The fraction of sp³-hybridized carbons (Fsp3) is 0.333. The quantitative estimate of drug-likeness (QED) is 0.789. The largest absolute Gasteiger partial charge is 0.481 e. The molecule has 138 valence electrons. The van der Waals surface area contributed by atoms with Crippen molar-refractivity contribution in [1.82, 2.24) is 0 Å². The summed E-state index contributed by atoms with van der Waals surface area (Å²) in [6.45, 7) is 9.65. The zero-order valence-corrected chi connectivity index (χ0v) is 15.9. The van der Waals surface area contributed by atoms with Gasteiger partial charge in [0, 0.05) is 0 Å². The average Bonchev–Trinajstić information content (AvgIpc) is 2.59. The Balaban J connectivity index is 2.15. The van der Waals surface area contributed by atoms with Crippen LogP contribution in [0.5, 0.6) is 5.75 Å². The van der Waals surface area contributed by atoms with E-state index >= 15 is 0 Å². The molecule has 2 aromatic carbocycles. The average molecular weight is 355 g/mol. The van der Waals surface area contributed by atoms with Gasteiger partial charge in [-0.3, -0.25) is 4.79 Å². The summed E-state index contributed by atoms with van der Waals surface area (Å²) in [4.78, 5) is 24.6. The number of ether oxygens (including phenoxy) is 2. The number of anilines is 1. The summed E-state index contributed by atoms with van der Waals surface area (Å²) in [5.74, 6) is -0.119. The van der Waals surface area contributed by atoms with E-state index in [0.717, 1.165) is 16.7 Å². The van der Waals surface area contributed by atoms with Crippen LogP contribution in [0.15, 0.2) is 36.4 Å². The molecule has 0 aliphatic rings. The van der Waals surface area contributed by atoms with Crippen LogP contribution in [0.1, 0.15) is 40.9 Å². The molecule has 1 atom stereocenters. The molecule has 2 rings (SSSR count). The predicted molar refractivity (Wildman–Crippen MR) is 102 cm³/mol. The van der Waals surface area contributed by atoms with Gasteiger partial charge in [-0.2, -0.15) is 0 Å². The number of para-hydroxylation sites is 1. The number of amides is 1. The molecule has 0 saturated heterocycles. The molecule has 0 aliphatic carbocycles. The number of nitrogens with one attached hydrogen (secondary N) is 1. The number of carbonyl (C=O) groups excluding carboxylic acids is 2. The molecule has 26 heavy (non-hydrogen) atoms. The summed E-state index contributed by atoms with van der Waals surface area (Å²) in [6.07, 6.45) is -0.717. The van der Waals surface area contributed by atoms with E-state index in [0.29, 0.717) is 17.0 Å². The van der Waals surface area contributed by atoms with Gasteiger partial charge >= 0.3 is 5.97 Å². The highest BCUT2D eigenvalue weighted by atomic mass is 16.5. The van der Waals surface area contributed by atoms with Gasteiger partial charge in [0.25, 0.3) is 5.91 Å². The normalized spacial score (nSPS) is 11.6. The molecule has 0 aromatic heterocycles. The van der Waals surface area contributed by atoms with Gasteiger partial charge < -0.3 is 14.8 Å². The van der Waals surface area contributed by atoms with Crippen molar-refractivity contribution in [3.8, 4) is 5.75 Å². The van der Waals surface area contributed by atoms with Gasteiger partial charge in [0.2, 0.25) is 0 Å². The first-order valence-electron chi connectivity index (χ1n) is 8.65. The highest BCUT2D eigenvalue weighted by Crippen LogP contribution is 2.25. The molecular weight excluding hydrogens is 330 g/mol. The van der Waals surface area contributed by atoms with E-state index in [1.807, 2.05) is 26.8 Å². The van der Waals surface area contributed by atoms with Crippen LogP contribution in [0, 0.1) is 20.8 Å². The third-order valence-corrected chi connectivity index (χ3v) is 4.12. The van der Waals surface area contributed by atoms with Crippen molar-refractivity contribution in [3.63, 3.8) is 0 Å². The molecule has 0 heterocycles. The number of benzene rings is 2. The topological polar surface area (TPSA) is 64.6 Å². The Hall–Kier alpha value is -2.82. The Kier molecular flexibility index (Phi) is 6.39. The van der Waals surface area contributed by atoms with Gasteiger partial charge in [-0.1, -0.05) is 18.2 Å². The van der Waals surface area contributed by atoms with Gasteiger partial charge in [0.15, 0.2) is 6.10 Å². The standard InChI is InChI=1S/C21H25NO4/c1-6-25-21(24)17-9-7-8-10-18(17)22-20(23)16(5)26-19-12-13(2)11-14(3)15(19)4/h7-12,16H,6H2,1-5H3,(H,22,23). The molecular formula is C21H25NO4. The van der Waals surface area contributed by atoms with Gasteiger partial charge in [-0.15, -0.1) is 0 Å². The summed E-state index contributed by atoms with van der Waals surface area (Å²) in [5.41, 5.74) is 3.91. The van der Waals surface area contributed by atoms with Gasteiger partial charge in [-0.05, 0) is 69.5 Å². The molecule has 0 bridgehead atoms. The maximum atomic E-state index is 12.5. The molecule has 5 nitrogen and oxygen atoms in total. The molecule has 0 spiro atoms. The number of esters is 1. The van der Waals surface area contributed by atoms with Crippen molar-refractivity contribution in [2.45, 2.75) is 40.7 Å². The van der Waals surface area contributed by atoms with Crippen LogP contribution >= 0.6 is 0 Å². The van der Waals surface area contributed by atoms with Crippen LogP contribution in [0.4, 0.5) is 5.69 Å². The lowest BCUT2D eigenvalue weighted by atomic mass is 10.1. The minimum Gasteiger partial charge on any atom is -0.481 e. The zero-order chi connectivity index (χ0) is 19.3. The zero-order valence-electron chi connectivity index (χ0n) is 15.9. The summed E-state index contributed by atoms with van der Waals surface area (Å²) in [5, 5.41) is 2.75. The molecule has 1 unspecified atom stereocenters. The van der Waals surface area contributed by atoms with E-state index in [1.165, 1.54) is 0 Å². The Labute approximate surface area is 154 Å².